The topological polar surface area (TPSA) is 44.4 Å². The molecule has 1 saturated heterocycles. The van der Waals surface area contributed by atoms with E-state index in [1.54, 1.807) is 0 Å². The Labute approximate surface area is 131 Å². The van der Waals surface area contributed by atoms with Gasteiger partial charge in [-0.25, -0.2) is 0 Å². The van der Waals surface area contributed by atoms with Crippen LogP contribution in [0.25, 0.3) is 0 Å². The van der Waals surface area contributed by atoms with Gasteiger partial charge in [-0.15, -0.1) is 0 Å². The number of thioether (sulfide) groups is 1. The van der Waals surface area contributed by atoms with Crippen molar-refractivity contribution in [1.82, 2.24) is 4.90 Å². The van der Waals surface area contributed by atoms with Gasteiger partial charge in [-0.3, -0.25) is 9.69 Å². The minimum absolute atomic E-state index is 0.0765. The maximum absolute atomic E-state index is 12.5. The van der Waals surface area contributed by atoms with Crippen molar-refractivity contribution in [3.63, 3.8) is 0 Å². The van der Waals surface area contributed by atoms with Crippen LogP contribution in [0.4, 0.5) is 11.4 Å². The van der Waals surface area contributed by atoms with Crippen LogP contribution in [0.2, 0.25) is 0 Å². The number of rotatable bonds is 6. The fraction of sp³-hybridized carbons (Fsp3) is 0.562. The van der Waals surface area contributed by atoms with Crippen LogP contribution in [0, 0.1) is 0 Å². The van der Waals surface area contributed by atoms with Crippen LogP contribution < -0.4 is 10.6 Å². The molecule has 0 spiro atoms. The first-order valence-electron chi connectivity index (χ1n) is 7.68. The molecule has 1 aromatic carbocycles. The van der Waals surface area contributed by atoms with Gasteiger partial charge in [0.1, 0.15) is 0 Å². The van der Waals surface area contributed by atoms with Gasteiger partial charge in [0.15, 0.2) is 0 Å². The van der Waals surface area contributed by atoms with E-state index in [0.717, 1.165) is 48.9 Å². The standard InChI is InChI=1S/C16H25N3OS/c1-3-8-17-14-6-4-5-7-15(14)18-16(20)13(2)19-9-11-21-12-10-19/h4-7,13,17H,3,8-12H2,1-2H3,(H,18,20). The summed E-state index contributed by atoms with van der Waals surface area (Å²) in [6, 6.07) is 7.82. The number of carbonyl (C=O) groups excluding carboxylic acids is 1. The molecule has 1 fully saturated rings. The van der Waals surface area contributed by atoms with Crippen molar-refractivity contribution in [2.45, 2.75) is 26.3 Å². The number of para-hydroxylation sites is 2. The van der Waals surface area contributed by atoms with Crippen LogP contribution in [0.3, 0.4) is 0 Å². The monoisotopic (exact) mass is 307 g/mol. The van der Waals surface area contributed by atoms with Gasteiger partial charge < -0.3 is 10.6 Å². The Bertz CT molecular complexity index is 461. The number of carbonyl (C=O) groups is 1. The number of nitrogens with one attached hydrogen (secondary N) is 2. The highest BCUT2D eigenvalue weighted by Crippen LogP contribution is 2.22. The van der Waals surface area contributed by atoms with Crippen molar-refractivity contribution < 1.29 is 4.79 Å². The summed E-state index contributed by atoms with van der Waals surface area (Å²) < 4.78 is 0. The number of nitrogens with zero attached hydrogens (tertiary/aromatic N) is 1. The summed E-state index contributed by atoms with van der Waals surface area (Å²) in [5.41, 5.74) is 1.86. The van der Waals surface area contributed by atoms with E-state index in [1.807, 2.05) is 43.0 Å². The Morgan fingerprint density at radius 3 is 2.62 bits per heavy atom. The summed E-state index contributed by atoms with van der Waals surface area (Å²) in [5.74, 6) is 2.31. The first kappa shape index (κ1) is 16.2. The molecule has 1 aliphatic heterocycles. The summed E-state index contributed by atoms with van der Waals surface area (Å²) in [6.07, 6.45) is 1.06. The lowest BCUT2D eigenvalue weighted by atomic mass is 10.2. The molecular weight excluding hydrogens is 282 g/mol. The maximum atomic E-state index is 12.5. The van der Waals surface area contributed by atoms with Gasteiger partial charge in [0, 0.05) is 31.1 Å². The molecule has 1 atom stereocenters. The van der Waals surface area contributed by atoms with Crippen LogP contribution in [0.5, 0.6) is 0 Å². The quantitative estimate of drug-likeness (QED) is 0.848. The zero-order valence-electron chi connectivity index (χ0n) is 12.9. The van der Waals surface area contributed by atoms with Gasteiger partial charge in [-0.05, 0) is 25.5 Å². The molecule has 0 aliphatic carbocycles. The molecule has 5 heteroatoms. The van der Waals surface area contributed by atoms with Crippen LogP contribution in [0.1, 0.15) is 20.3 Å². The summed E-state index contributed by atoms with van der Waals surface area (Å²) in [4.78, 5) is 14.7. The van der Waals surface area contributed by atoms with Crippen molar-refractivity contribution in [2.75, 3.05) is 41.8 Å². The van der Waals surface area contributed by atoms with Gasteiger partial charge >= 0.3 is 0 Å². The fourth-order valence-corrected chi connectivity index (χ4v) is 3.31. The van der Waals surface area contributed by atoms with E-state index in [9.17, 15) is 4.79 Å². The highest BCUT2D eigenvalue weighted by molar-refractivity contribution is 7.99. The predicted octanol–water partition coefficient (Wildman–Crippen LogP) is 2.88. The van der Waals surface area contributed by atoms with Crippen LogP contribution in [-0.4, -0.2) is 48.0 Å². The zero-order chi connectivity index (χ0) is 15.1. The second-order valence-corrected chi connectivity index (χ2v) is 6.51. The van der Waals surface area contributed by atoms with Crippen molar-refractivity contribution in [2.24, 2.45) is 0 Å². The molecule has 1 aromatic rings. The Hall–Kier alpha value is -1.20. The minimum atomic E-state index is -0.0786. The molecule has 21 heavy (non-hydrogen) atoms. The van der Waals surface area contributed by atoms with E-state index in [-0.39, 0.29) is 11.9 Å². The molecule has 1 aliphatic rings. The SMILES string of the molecule is CCCNc1ccccc1NC(=O)C(C)N1CCSCC1. The van der Waals surface area contributed by atoms with E-state index in [4.69, 9.17) is 0 Å². The zero-order valence-corrected chi connectivity index (χ0v) is 13.7. The largest absolute Gasteiger partial charge is 0.383 e. The van der Waals surface area contributed by atoms with Gasteiger partial charge in [0.05, 0.1) is 17.4 Å². The first-order chi connectivity index (χ1) is 10.2. The average Bonchev–Trinajstić information content (AvgIpc) is 2.54. The molecule has 0 bridgehead atoms. The average molecular weight is 307 g/mol. The van der Waals surface area contributed by atoms with Crippen molar-refractivity contribution in [3.8, 4) is 0 Å². The maximum Gasteiger partial charge on any atom is 0.241 e. The van der Waals surface area contributed by atoms with E-state index in [1.165, 1.54) is 0 Å². The second kappa shape index (κ2) is 8.29. The van der Waals surface area contributed by atoms with Crippen LogP contribution in [-0.2, 0) is 4.79 Å². The Balaban J connectivity index is 1.98. The summed E-state index contributed by atoms with van der Waals surface area (Å²) in [5, 5.41) is 6.42. The Kier molecular flexibility index (Phi) is 6.39. The first-order valence-corrected chi connectivity index (χ1v) is 8.83. The molecular formula is C16H25N3OS. The minimum Gasteiger partial charge on any atom is -0.383 e. The smallest absolute Gasteiger partial charge is 0.241 e. The molecule has 1 heterocycles. The van der Waals surface area contributed by atoms with E-state index >= 15 is 0 Å². The third kappa shape index (κ3) is 4.64. The molecule has 0 radical (unpaired) electrons. The van der Waals surface area contributed by atoms with E-state index in [0.29, 0.717) is 0 Å². The number of anilines is 2. The van der Waals surface area contributed by atoms with Crippen LogP contribution >= 0.6 is 11.8 Å². The predicted molar refractivity (Wildman–Crippen MR) is 92.2 cm³/mol. The van der Waals surface area contributed by atoms with Gasteiger partial charge in [0.2, 0.25) is 5.91 Å². The molecule has 0 saturated carbocycles. The molecule has 1 amide bonds. The molecule has 2 N–H and O–H groups in total. The van der Waals surface area contributed by atoms with Gasteiger partial charge in [-0.1, -0.05) is 19.1 Å². The van der Waals surface area contributed by atoms with Gasteiger partial charge in [-0.2, -0.15) is 11.8 Å². The fourth-order valence-electron chi connectivity index (χ4n) is 2.37. The molecule has 0 aromatic heterocycles. The van der Waals surface area contributed by atoms with E-state index in [2.05, 4.69) is 22.5 Å². The summed E-state index contributed by atoms with van der Waals surface area (Å²) >= 11 is 1.96. The second-order valence-electron chi connectivity index (χ2n) is 5.29. The lowest BCUT2D eigenvalue weighted by molar-refractivity contribution is -0.120. The summed E-state index contributed by atoms with van der Waals surface area (Å²) in [6.45, 7) is 7.02. The molecule has 1 unspecified atom stereocenters. The van der Waals surface area contributed by atoms with Crippen LogP contribution in [0.15, 0.2) is 24.3 Å². The Morgan fingerprint density at radius 1 is 1.29 bits per heavy atom. The van der Waals surface area contributed by atoms with E-state index < -0.39 is 0 Å². The van der Waals surface area contributed by atoms with Crippen molar-refractivity contribution >= 4 is 29.0 Å². The number of benzene rings is 1. The number of hydrogen-bond acceptors (Lipinski definition) is 4. The molecule has 4 nitrogen and oxygen atoms in total. The lowest BCUT2D eigenvalue weighted by Gasteiger charge is -2.31. The number of hydrogen-bond donors (Lipinski definition) is 2. The number of amides is 1. The molecule has 2 rings (SSSR count). The summed E-state index contributed by atoms with van der Waals surface area (Å²) in [7, 11) is 0. The highest BCUT2D eigenvalue weighted by Gasteiger charge is 2.23. The van der Waals surface area contributed by atoms with Gasteiger partial charge in [0.25, 0.3) is 0 Å². The Morgan fingerprint density at radius 2 is 1.95 bits per heavy atom. The molecule has 116 valence electrons. The third-order valence-corrected chi connectivity index (χ3v) is 4.67. The normalized spacial score (nSPS) is 17.2. The third-order valence-electron chi connectivity index (χ3n) is 3.72. The highest BCUT2D eigenvalue weighted by atomic mass is 32.2. The lowest BCUT2D eigenvalue weighted by Crippen LogP contribution is -2.46. The van der Waals surface area contributed by atoms with Crippen molar-refractivity contribution in [3.05, 3.63) is 24.3 Å². The van der Waals surface area contributed by atoms with Crippen molar-refractivity contribution in [1.29, 1.82) is 0 Å².